The molecule has 1 amide bonds. The van der Waals surface area contributed by atoms with Crippen molar-refractivity contribution in [1.82, 2.24) is 10.2 Å². The number of rotatable bonds is 5. The van der Waals surface area contributed by atoms with Gasteiger partial charge in [0.2, 0.25) is 5.91 Å². The first kappa shape index (κ1) is 20.4. The van der Waals surface area contributed by atoms with Crippen molar-refractivity contribution in [3.05, 3.63) is 29.8 Å². The highest BCUT2D eigenvalue weighted by Gasteiger charge is 2.40. The lowest BCUT2D eigenvalue weighted by molar-refractivity contribution is -0.137. The van der Waals surface area contributed by atoms with Gasteiger partial charge >= 0.3 is 6.18 Å². The number of nitrogens with one attached hydrogen (secondary N) is 1. The van der Waals surface area contributed by atoms with Crippen molar-refractivity contribution in [3.8, 4) is 0 Å². The van der Waals surface area contributed by atoms with Crippen molar-refractivity contribution in [2.45, 2.75) is 37.3 Å². The Labute approximate surface area is 167 Å². The highest BCUT2D eigenvalue weighted by molar-refractivity contribution is 5.81. The molecule has 1 saturated carbocycles. The van der Waals surface area contributed by atoms with Crippen LogP contribution in [0.1, 0.15) is 18.4 Å². The summed E-state index contributed by atoms with van der Waals surface area (Å²) in [5.41, 5.74) is -0.0707. The van der Waals surface area contributed by atoms with E-state index in [-0.39, 0.29) is 24.0 Å². The number of piperazine rings is 1. The predicted molar refractivity (Wildman–Crippen MR) is 100 cm³/mol. The van der Waals surface area contributed by atoms with Crippen LogP contribution in [-0.2, 0) is 15.7 Å². The number of anilines is 1. The summed E-state index contributed by atoms with van der Waals surface area (Å²) in [5, 5.41) is 13.4. The van der Waals surface area contributed by atoms with E-state index in [4.69, 9.17) is 4.74 Å². The number of amides is 1. The number of alkyl halides is 3. The molecule has 29 heavy (non-hydrogen) atoms. The molecule has 3 aliphatic rings. The third kappa shape index (κ3) is 4.84. The molecule has 0 aromatic heterocycles. The normalized spacial score (nSPS) is 28.6. The van der Waals surface area contributed by atoms with Gasteiger partial charge in [-0.3, -0.25) is 9.69 Å². The van der Waals surface area contributed by atoms with Gasteiger partial charge in [0, 0.05) is 44.3 Å². The molecule has 6 nitrogen and oxygen atoms in total. The van der Waals surface area contributed by atoms with Crippen molar-refractivity contribution < 1.29 is 27.8 Å². The first-order chi connectivity index (χ1) is 13.8. The second-order valence-electron chi connectivity index (χ2n) is 8.09. The molecule has 1 aromatic carbocycles. The molecule has 4 rings (SSSR count). The van der Waals surface area contributed by atoms with Gasteiger partial charge in [0.15, 0.2) is 0 Å². The fraction of sp³-hybridized carbons (Fsp3) is 0.650. The SMILES string of the molecule is O=C(N[C@H]1CO[C@@H](CN2CCN(c3cccc(C(F)(F)F)c3)CC2)[C@@H]1O)C1CC1. The first-order valence-corrected chi connectivity index (χ1v) is 10.1. The molecule has 1 aromatic rings. The number of hydrogen-bond acceptors (Lipinski definition) is 5. The van der Waals surface area contributed by atoms with Crippen LogP contribution in [0, 0.1) is 5.92 Å². The van der Waals surface area contributed by atoms with Crippen LogP contribution >= 0.6 is 0 Å². The Hall–Kier alpha value is -1.84. The number of carbonyl (C=O) groups excluding carboxylic acids is 1. The summed E-state index contributed by atoms with van der Waals surface area (Å²) in [5.74, 6) is 0.0816. The molecule has 2 N–H and O–H groups in total. The number of aliphatic hydroxyl groups excluding tert-OH is 1. The molecule has 3 atom stereocenters. The Morgan fingerprint density at radius 3 is 2.59 bits per heavy atom. The van der Waals surface area contributed by atoms with Crippen LogP contribution in [0.5, 0.6) is 0 Å². The first-order valence-electron chi connectivity index (χ1n) is 10.1. The Morgan fingerprint density at radius 1 is 1.21 bits per heavy atom. The quantitative estimate of drug-likeness (QED) is 0.766. The molecule has 2 heterocycles. The summed E-state index contributed by atoms with van der Waals surface area (Å²) < 4.78 is 44.5. The highest BCUT2D eigenvalue weighted by atomic mass is 19.4. The fourth-order valence-corrected chi connectivity index (χ4v) is 3.94. The summed E-state index contributed by atoms with van der Waals surface area (Å²) >= 11 is 0. The van der Waals surface area contributed by atoms with E-state index in [1.54, 1.807) is 6.07 Å². The fourth-order valence-electron chi connectivity index (χ4n) is 3.94. The number of carbonyl (C=O) groups is 1. The molecule has 2 saturated heterocycles. The second kappa shape index (κ2) is 8.12. The van der Waals surface area contributed by atoms with E-state index < -0.39 is 17.8 Å². The highest BCUT2D eigenvalue weighted by Crippen LogP contribution is 2.32. The zero-order chi connectivity index (χ0) is 20.6. The van der Waals surface area contributed by atoms with E-state index in [9.17, 15) is 23.1 Å². The van der Waals surface area contributed by atoms with E-state index in [0.29, 0.717) is 45.0 Å². The predicted octanol–water partition coefficient (Wildman–Crippen LogP) is 1.48. The number of nitrogens with zero attached hydrogens (tertiary/aromatic N) is 2. The van der Waals surface area contributed by atoms with Crippen LogP contribution in [0.4, 0.5) is 18.9 Å². The molecule has 160 valence electrons. The molecule has 0 bridgehead atoms. The lowest BCUT2D eigenvalue weighted by Gasteiger charge is -2.37. The minimum Gasteiger partial charge on any atom is -0.388 e. The van der Waals surface area contributed by atoms with Gasteiger partial charge in [-0.1, -0.05) is 6.07 Å². The Morgan fingerprint density at radius 2 is 1.93 bits per heavy atom. The number of halogens is 3. The van der Waals surface area contributed by atoms with Gasteiger partial charge in [0.1, 0.15) is 6.10 Å². The van der Waals surface area contributed by atoms with Crippen molar-refractivity contribution in [3.63, 3.8) is 0 Å². The molecule has 0 radical (unpaired) electrons. The maximum absolute atomic E-state index is 12.9. The molecule has 0 spiro atoms. The van der Waals surface area contributed by atoms with Crippen LogP contribution in [0.2, 0.25) is 0 Å². The maximum Gasteiger partial charge on any atom is 0.416 e. The lowest BCUT2D eigenvalue weighted by atomic mass is 10.1. The van der Waals surface area contributed by atoms with Crippen LogP contribution in [0.15, 0.2) is 24.3 Å². The summed E-state index contributed by atoms with van der Waals surface area (Å²) in [6.45, 7) is 3.38. The Bertz CT molecular complexity index is 733. The van der Waals surface area contributed by atoms with Gasteiger partial charge in [-0.15, -0.1) is 0 Å². The van der Waals surface area contributed by atoms with E-state index in [1.165, 1.54) is 12.1 Å². The largest absolute Gasteiger partial charge is 0.416 e. The number of aliphatic hydroxyl groups is 1. The van der Waals surface area contributed by atoms with Gasteiger partial charge in [-0.25, -0.2) is 0 Å². The smallest absolute Gasteiger partial charge is 0.388 e. The van der Waals surface area contributed by atoms with Crippen molar-refractivity contribution in [1.29, 1.82) is 0 Å². The summed E-state index contributed by atoms with van der Waals surface area (Å²) in [6, 6.07) is 5.02. The molecule has 2 aliphatic heterocycles. The van der Waals surface area contributed by atoms with Crippen molar-refractivity contribution in [2.24, 2.45) is 5.92 Å². The minimum absolute atomic E-state index is 0.00648. The van der Waals surface area contributed by atoms with Crippen LogP contribution in [0.3, 0.4) is 0 Å². The zero-order valence-electron chi connectivity index (χ0n) is 16.1. The Kier molecular flexibility index (Phi) is 5.72. The van der Waals surface area contributed by atoms with Gasteiger partial charge in [0.05, 0.1) is 24.3 Å². The van der Waals surface area contributed by atoms with Crippen LogP contribution in [-0.4, -0.2) is 73.5 Å². The van der Waals surface area contributed by atoms with E-state index in [0.717, 1.165) is 18.9 Å². The number of ether oxygens (including phenoxy) is 1. The van der Waals surface area contributed by atoms with Crippen LogP contribution in [0.25, 0.3) is 0 Å². The summed E-state index contributed by atoms with van der Waals surface area (Å²) in [4.78, 5) is 16.0. The third-order valence-corrected chi connectivity index (χ3v) is 5.91. The van der Waals surface area contributed by atoms with Gasteiger partial charge in [-0.05, 0) is 31.0 Å². The third-order valence-electron chi connectivity index (χ3n) is 5.91. The minimum atomic E-state index is -4.35. The van der Waals surface area contributed by atoms with Gasteiger partial charge in [0.25, 0.3) is 0 Å². The molecule has 1 aliphatic carbocycles. The van der Waals surface area contributed by atoms with E-state index >= 15 is 0 Å². The average molecular weight is 413 g/mol. The van der Waals surface area contributed by atoms with Gasteiger partial charge < -0.3 is 20.1 Å². The van der Waals surface area contributed by atoms with E-state index in [1.807, 2.05) is 4.90 Å². The second-order valence-corrected chi connectivity index (χ2v) is 8.09. The molecule has 0 unspecified atom stereocenters. The molecule has 3 fully saturated rings. The summed E-state index contributed by atoms with van der Waals surface area (Å²) in [6.07, 6.45) is -3.65. The zero-order valence-corrected chi connectivity index (χ0v) is 16.1. The molecule has 9 heteroatoms. The van der Waals surface area contributed by atoms with Gasteiger partial charge in [-0.2, -0.15) is 13.2 Å². The van der Waals surface area contributed by atoms with E-state index in [2.05, 4.69) is 10.2 Å². The van der Waals surface area contributed by atoms with Crippen LogP contribution < -0.4 is 10.2 Å². The maximum atomic E-state index is 12.9. The number of benzene rings is 1. The van der Waals surface area contributed by atoms with Crippen molar-refractivity contribution >= 4 is 11.6 Å². The Balaban J connectivity index is 1.26. The monoisotopic (exact) mass is 413 g/mol. The molecular formula is C20H26F3N3O3. The molecular weight excluding hydrogens is 387 g/mol. The average Bonchev–Trinajstić information content (AvgIpc) is 3.50. The number of hydrogen-bond donors (Lipinski definition) is 2. The standard InChI is InChI=1S/C20H26F3N3O3/c21-20(22,23)14-2-1-3-15(10-14)26-8-6-25(7-9-26)11-17-18(27)16(12-29-17)24-19(28)13-4-5-13/h1-3,10,13,16-18,27H,4-9,11-12H2,(H,24,28)/t16-,17-,18+/m0/s1. The summed E-state index contributed by atoms with van der Waals surface area (Å²) in [7, 11) is 0. The topological polar surface area (TPSA) is 65.0 Å². The van der Waals surface area contributed by atoms with Crippen molar-refractivity contribution in [2.75, 3.05) is 44.2 Å². The lowest BCUT2D eigenvalue weighted by Crippen LogP contribution is -2.51.